The highest BCUT2D eigenvalue weighted by atomic mass is 16.3. The molecule has 0 saturated carbocycles. The molecule has 0 aliphatic heterocycles. The van der Waals surface area contributed by atoms with Gasteiger partial charge in [0, 0.05) is 115 Å². The van der Waals surface area contributed by atoms with Crippen LogP contribution < -0.4 is 0 Å². The number of aromatic nitrogens is 12. The van der Waals surface area contributed by atoms with E-state index in [1.807, 2.05) is 218 Å². The van der Waals surface area contributed by atoms with Gasteiger partial charge in [0.25, 0.3) is 0 Å². The minimum absolute atomic E-state index is 0.598. The maximum atomic E-state index is 6.82. The smallest absolute Gasteiger partial charge is 0.164 e. The topological polar surface area (TPSA) is 170 Å². The summed E-state index contributed by atoms with van der Waals surface area (Å²) in [5.41, 5.74) is 27.5. The van der Waals surface area contributed by atoms with E-state index >= 15 is 0 Å². The van der Waals surface area contributed by atoms with Crippen molar-refractivity contribution in [2.24, 2.45) is 0 Å². The molecule has 0 amide bonds. The first kappa shape index (κ1) is 83.6. The van der Waals surface area contributed by atoms with Crippen molar-refractivity contribution in [1.29, 1.82) is 0 Å². The normalized spacial score (nSPS) is 11.6. The molecule has 0 atom stereocenters. The van der Waals surface area contributed by atoms with E-state index < -0.39 is 0 Å². The Kier molecular flexibility index (Phi) is 20.5. The highest BCUT2D eigenvalue weighted by Crippen LogP contribution is 2.48. The number of fused-ring (bicyclic) bond motifs is 18. The van der Waals surface area contributed by atoms with E-state index in [1.54, 1.807) is 0 Å². The summed E-state index contributed by atoms with van der Waals surface area (Å²) in [7, 11) is 0. The first-order valence-electron chi connectivity index (χ1n) is 48.0. The van der Waals surface area contributed by atoms with E-state index in [0.717, 1.165) is 166 Å². The van der Waals surface area contributed by atoms with Gasteiger partial charge in [0.2, 0.25) is 0 Å². The van der Waals surface area contributed by atoms with Crippen LogP contribution >= 0.6 is 0 Å². The molecule has 9 aromatic heterocycles. The van der Waals surface area contributed by atoms with Crippen LogP contribution in [0.25, 0.3) is 273 Å². The molecule has 0 fully saturated rings. The van der Waals surface area contributed by atoms with Crippen molar-refractivity contribution in [3.63, 3.8) is 0 Å². The molecule has 15 heteroatoms. The molecule has 9 heterocycles. The standard InChI is InChI=1S/2C45H28N4O.C39H24N4O/c1-4-14-29(15-5-1)32-26-27-34-33-20-10-11-23-37(33)49(39(34)28-32)38-24-12-21-35-41-36(22-13-25-40(41)50-42(35)38)45-47-43(30-16-6-2-7-17-30)46-44(48-45)31-18-8-3-9-19-31;1-4-14-29(15-5-1)32-26-27-38-36(28-32)33-20-10-11-23-37(33)49(38)39-24-12-21-34-41-35(22-13-25-40(41)50-42(34)39)45-47-43(30-16-6-2-7-17-30)46-44(48-45)31-18-8-3-9-19-31;1-3-13-25(14-4-1)37-40-38(26-15-5-2-6-16-26)42-39(41-37)30-20-12-24-34-35(30)29-19-11-23-33(36(29)44-34)43-31-21-9-7-17-27(31)28-18-8-10-22-32(28)43/h2*1-28H;1-24H. The lowest BCUT2D eigenvalue weighted by molar-refractivity contribution is 0.666. The number of hydrogen-bond acceptors (Lipinski definition) is 12. The minimum Gasteiger partial charge on any atom is -0.454 e. The maximum absolute atomic E-state index is 6.82. The lowest BCUT2D eigenvalue weighted by Gasteiger charge is -2.10. The maximum Gasteiger partial charge on any atom is 0.164 e. The van der Waals surface area contributed by atoms with Crippen LogP contribution in [0.1, 0.15) is 0 Å². The second-order valence-electron chi connectivity index (χ2n) is 35.7. The Hall–Kier alpha value is -19.8. The second-order valence-corrected chi connectivity index (χ2v) is 35.7. The third kappa shape index (κ3) is 14.6. The Bertz CT molecular complexity index is 9790. The SMILES string of the molecule is c1ccc(-c2ccc3c(c2)c2ccccc2n3-c2cccc3c2oc2cccc(-c4nc(-c5ccccc5)nc(-c5ccccc5)n4)c23)cc1.c1ccc(-c2ccc3c4ccccc4n(-c4cccc5c4oc4cccc(-c6nc(-c7ccccc7)nc(-c7ccccc7)n6)c45)c3c2)cc1.c1ccc(-c2nc(-c3ccccc3)nc(-c3cccc4oc5c(-n6c7ccccc7c7ccccc76)cccc5c34)n2)cc1. The van der Waals surface area contributed by atoms with Gasteiger partial charge in [-0.15, -0.1) is 0 Å². The number of hydrogen-bond donors (Lipinski definition) is 0. The van der Waals surface area contributed by atoms with E-state index in [9.17, 15) is 0 Å². The van der Waals surface area contributed by atoms with Crippen molar-refractivity contribution >= 4 is 131 Å². The first-order chi connectivity index (χ1) is 71.4. The predicted octanol–water partition coefficient (Wildman–Crippen LogP) is 32.9. The highest BCUT2D eigenvalue weighted by molar-refractivity contribution is 6.20. The molecule has 674 valence electrons. The number of para-hydroxylation sites is 7. The van der Waals surface area contributed by atoms with Gasteiger partial charge >= 0.3 is 0 Å². The van der Waals surface area contributed by atoms with E-state index in [4.69, 9.17) is 58.1 Å². The van der Waals surface area contributed by atoms with Crippen molar-refractivity contribution in [3.05, 3.63) is 485 Å². The van der Waals surface area contributed by atoms with Crippen molar-refractivity contribution in [2.75, 3.05) is 0 Å². The van der Waals surface area contributed by atoms with E-state index in [0.29, 0.717) is 52.4 Å². The Morgan fingerprint density at radius 3 is 0.667 bits per heavy atom. The van der Waals surface area contributed by atoms with Crippen LogP contribution in [0.5, 0.6) is 0 Å². The summed E-state index contributed by atoms with van der Waals surface area (Å²) >= 11 is 0. The van der Waals surface area contributed by atoms with Gasteiger partial charge < -0.3 is 27.0 Å². The van der Waals surface area contributed by atoms with E-state index in [-0.39, 0.29) is 0 Å². The van der Waals surface area contributed by atoms with Crippen LogP contribution in [-0.2, 0) is 0 Å². The minimum atomic E-state index is 0.598. The van der Waals surface area contributed by atoms with Gasteiger partial charge in [0.15, 0.2) is 69.2 Å². The van der Waals surface area contributed by atoms with Crippen molar-refractivity contribution in [2.45, 2.75) is 0 Å². The third-order valence-electron chi connectivity index (χ3n) is 27.2. The Morgan fingerprint density at radius 2 is 0.361 bits per heavy atom. The summed E-state index contributed by atoms with van der Waals surface area (Å²) < 4.78 is 27.3. The molecule has 20 aromatic carbocycles. The number of nitrogens with zero attached hydrogens (tertiary/aromatic N) is 12. The molecular formula is C129H80N12O3. The number of furan rings is 3. The van der Waals surface area contributed by atoms with Gasteiger partial charge in [0.1, 0.15) is 16.7 Å². The molecule has 0 N–H and O–H groups in total. The van der Waals surface area contributed by atoms with Gasteiger partial charge in [-0.2, -0.15) is 0 Å². The van der Waals surface area contributed by atoms with Gasteiger partial charge in [-0.25, -0.2) is 44.9 Å². The molecule has 0 saturated heterocycles. The van der Waals surface area contributed by atoms with Crippen LogP contribution in [0.3, 0.4) is 0 Å². The zero-order valence-corrected chi connectivity index (χ0v) is 77.3. The summed E-state index contributed by atoms with van der Waals surface area (Å²) in [6, 6.07) is 167. The van der Waals surface area contributed by atoms with E-state index in [2.05, 4.69) is 281 Å². The summed E-state index contributed by atoms with van der Waals surface area (Å²) in [5.74, 6) is 5.56. The average molecular weight is 1850 g/mol. The Balaban J connectivity index is 0.000000108. The summed E-state index contributed by atoms with van der Waals surface area (Å²) in [6.45, 7) is 0. The van der Waals surface area contributed by atoms with Crippen molar-refractivity contribution in [1.82, 2.24) is 58.6 Å². The lowest BCUT2D eigenvalue weighted by atomic mass is 10.0. The molecular weight excluding hydrogens is 1770 g/mol. The highest BCUT2D eigenvalue weighted by Gasteiger charge is 2.28. The Labute approximate surface area is 824 Å². The zero-order chi connectivity index (χ0) is 95.1. The number of benzene rings is 20. The van der Waals surface area contributed by atoms with Crippen LogP contribution in [-0.4, -0.2) is 58.6 Å². The fraction of sp³-hybridized carbons (Fsp3) is 0. The monoisotopic (exact) mass is 1840 g/mol. The molecule has 29 aromatic rings. The molecule has 0 aliphatic carbocycles. The fourth-order valence-electron chi connectivity index (χ4n) is 20.6. The van der Waals surface area contributed by atoms with Gasteiger partial charge in [-0.3, -0.25) is 0 Å². The first-order valence-corrected chi connectivity index (χ1v) is 48.0. The molecule has 0 spiro atoms. The molecule has 0 bridgehead atoms. The molecule has 29 rings (SSSR count). The Morgan fingerprint density at radius 1 is 0.139 bits per heavy atom. The zero-order valence-electron chi connectivity index (χ0n) is 77.3. The van der Waals surface area contributed by atoms with Crippen LogP contribution in [0, 0.1) is 0 Å². The van der Waals surface area contributed by atoms with Crippen LogP contribution in [0.15, 0.2) is 499 Å². The third-order valence-corrected chi connectivity index (χ3v) is 27.2. The molecule has 15 nitrogen and oxygen atoms in total. The van der Waals surface area contributed by atoms with Crippen LogP contribution in [0.4, 0.5) is 0 Å². The van der Waals surface area contributed by atoms with Crippen molar-refractivity contribution < 1.29 is 13.3 Å². The van der Waals surface area contributed by atoms with Crippen LogP contribution in [0.2, 0.25) is 0 Å². The summed E-state index contributed by atoms with van der Waals surface area (Å²) in [5, 5.41) is 13.2. The average Bonchev–Trinajstić information content (AvgIpc) is 1.57. The second kappa shape index (κ2) is 35.3. The van der Waals surface area contributed by atoms with Crippen molar-refractivity contribution in [3.8, 4) is 142 Å². The number of rotatable bonds is 14. The summed E-state index contributed by atoms with van der Waals surface area (Å²) in [4.78, 5) is 45.0. The summed E-state index contributed by atoms with van der Waals surface area (Å²) in [6.07, 6.45) is 0. The lowest BCUT2D eigenvalue weighted by Crippen LogP contribution is -2.00. The van der Waals surface area contributed by atoms with Gasteiger partial charge in [0.05, 0.1) is 50.2 Å². The molecule has 0 radical (unpaired) electrons. The predicted molar refractivity (Wildman–Crippen MR) is 584 cm³/mol. The largest absolute Gasteiger partial charge is 0.454 e. The molecule has 144 heavy (non-hydrogen) atoms. The quantitative estimate of drug-likeness (QED) is 0.101. The fourth-order valence-corrected chi connectivity index (χ4v) is 20.6. The molecule has 0 aliphatic rings. The van der Waals surface area contributed by atoms with E-state index in [1.165, 1.54) is 54.6 Å². The molecule has 0 unspecified atom stereocenters. The van der Waals surface area contributed by atoms with Gasteiger partial charge in [-0.05, 0) is 101 Å². The van der Waals surface area contributed by atoms with Gasteiger partial charge in [-0.1, -0.05) is 406 Å².